The predicted octanol–water partition coefficient (Wildman–Crippen LogP) is 2.57. The third-order valence-electron chi connectivity index (χ3n) is 3.76. The second-order valence-corrected chi connectivity index (χ2v) is 5.46. The van der Waals surface area contributed by atoms with E-state index >= 15 is 0 Å². The third kappa shape index (κ3) is 2.88. The van der Waals surface area contributed by atoms with Gasteiger partial charge in [0.25, 0.3) is 5.91 Å². The summed E-state index contributed by atoms with van der Waals surface area (Å²) in [4.78, 5) is 12.7. The number of hydrogen-bond acceptors (Lipinski definition) is 5. The first kappa shape index (κ1) is 15.8. The molecule has 3 aromatic heterocycles. The Hall–Kier alpha value is -3.68. The number of carbonyl (C=O) groups excluding carboxylic acids is 1. The van der Waals surface area contributed by atoms with E-state index in [4.69, 9.17) is 4.74 Å². The molecule has 0 aliphatic rings. The van der Waals surface area contributed by atoms with Crippen molar-refractivity contribution in [2.24, 2.45) is 0 Å². The number of para-hydroxylation sites is 1. The zero-order chi connectivity index (χ0) is 17.9. The Labute approximate surface area is 149 Å². The van der Waals surface area contributed by atoms with Gasteiger partial charge in [0.2, 0.25) is 5.95 Å². The van der Waals surface area contributed by atoms with Crippen LogP contribution in [0, 0.1) is 0 Å². The summed E-state index contributed by atoms with van der Waals surface area (Å²) >= 11 is 0. The second kappa shape index (κ2) is 6.67. The van der Waals surface area contributed by atoms with E-state index in [-0.39, 0.29) is 5.69 Å². The molecule has 0 fully saturated rings. The zero-order valence-electron chi connectivity index (χ0n) is 14.0. The minimum atomic E-state index is -0.415. The molecule has 26 heavy (non-hydrogen) atoms. The van der Waals surface area contributed by atoms with Crippen LogP contribution in [0.1, 0.15) is 17.4 Å². The summed E-state index contributed by atoms with van der Waals surface area (Å²) in [5.74, 6) is 0.311. The van der Waals surface area contributed by atoms with E-state index in [9.17, 15) is 4.79 Å². The number of nitrogens with zero attached hydrogens (tertiary/aromatic N) is 5. The van der Waals surface area contributed by atoms with Crippen LogP contribution in [0.15, 0.2) is 60.9 Å². The molecule has 3 heterocycles. The molecule has 0 saturated carbocycles. The average Bonchev–Trinajstić information content (AvgIpc) is 3.28. The Morgan fingerprint density at radius 1 is 1.12 bits per heavy atom. The van der Waals surface area contributed by atoms with E-state index in [2.05, 4.69) is 20.6 Å². The molecule has 0 aliphatic carbocycles. The predicted molar refractivity (Wildman–Crippen MR) is 95.7 cm³/mol. The molecule has 8 heteroatoms. The highest BCUT2D eigenvalue weighted by Gasteiger charge is 2.20. The summed E-state index contributed by atoms with van der Waals surface area (Å²) in [7, 11) is 0. The minimum absolute atomic E-state index is 0.184. The summed E-state index contributed by atoms with van der Waals surface area (Å²) in [6.07, 6.45) is 3.46. The van der Waals surface area contributed by atoms with Gasteiger partial charge in [-0.25, -0.2) is 4.68 Å². The third-order valence-corrected chi connectivity index (χ3v) is 3.76. The molecule has 0 bridgehead atoms. The number of anilines is 1. The van der Waals surface area contributed by atoms with Crippen LogP contribution < -0.4 is 10.1 Å². The van der Waals surface area contributed by atoms with Crippen molar-refractivity contribution < 1.29 is 9.53 Å². The first-order valence-corrected chi connectivity index (χ1v) is 8.15. The molecule has 4 aromatic rings. The van der Waals surface area contributed by atoms with Crippen LogP contribution in [0.3, 0.4) is 0 Å². The molecule has 1 N–H and O–H groups in total. The van der Waals surface area contributed by atoms with Crippen LogP contribution >= 0.6 is 0 Å². The summed E-state index contributed by atoms with van der Waals surface area (Å²) in [6.45, 7) is 2.28. The normalized spacial score (nSPS) is 10.8. The molecular formula is C18H16N6O2. The summed E-state index contributed by atoms with van der Waals surface area (Å²) < 4.78 is 8.88. The van der Waals surface area contributed by atoms with Crippen LogP contribution in [-0.4, -0.2) is 36.9 Å². The molecule has 0 radical (unpaired) electrons. The van der Waals surface area contributed by atoms with E-state index in [1.165, 1.54) is 0 Å². The summed E-state index contributed by atoms with van der Waals surface area (Å²) in [6, 6.07) is 15.0. The van der Waals surface area contributed by atoms with Crippen LogP contribution in [-0.2, 0) is 0 Å². The van der Waals surface area contributed by atoms with Crippen molar-refractivity contribution in [3.8, 4) is 11.4 Å². The Morgan fingerprint density at radius 3 is 2.73 bits per heavy atom. The summed E-state index contributed by atoms with van der Waals surface area (Å²) in [5.41, 5.74) is 1.66. The van der Waals surface area contributed by atoms with Gasteiger partial charge in [0.05, 0.1) is 18.5 Å². The number of rotatable bonds is 5. The van der Waals surface area contributed by atoms with Crippen molar-refractivity contribution in [1.29, 1.82) is 0 Å². The molecule has 0 unspecified atom stereocenters. The fraction of sp³-hybridized carbons (Fsp3) is 0.111. The number of pyridine rings is 1. The van der Waals surface area contributed by atoms with E-state index in [0.717, 1.165) is 5.69 Å². The quantitative estimate of drug-likeness (QED) is 0.599. The van der Waals surface area contributed by atoms with Crippen LogP contribution in [0.4, 0.5) is 5.95 Å². The van der Waals surface area contributed by atoms with Gasteiger partial charge in [-0.2, -0.15) is 5.10 Å². The van der Waals surface area contributed by atoms with E-state index in [0.29, 0.717) is 24.0 Å². The number of benzene rings is 1. The Morgan fingerprint density at radius 2 is 1.92 bits per heavy atom. The first-order valence-electron chi connectivity index (χ1n) is 8.15. The lowest BCUT2D eigenvalue weighted by atomic mass is 10.3. The van der Waals surface area contributed by atoms with Crippen LogP contribution in [0.2, 0.25) is 0 Å². The smallest absolute Gasteiger partial charge is 0.282 e. The maximum absolute atomic E-state index is 12.7. The Kier molecular flexibility index (Phi) is 4.06. The lowest BCUT2D eigenvalue weighted by Gasteiger charge is -2.03. The number of ether oxygens (including phenoxy) is 1. The molecule has 8 nitrogen and oxygen atoms in total. The largest absolute Gasteiger partial charge is 0.490 e. The molecular weight excluding hydrogens is 332 g/mol. The SMILES string of the molecule is CCOc1cn(-c2ccccc2)nc1C(=O)Nc1nnc2ccccn12. The topological polar surface area (TPSA) is 86.3 Å². The number of aromatic nitrogens is 5. The minimum Gasteiger partial charge on any atom is -0.490 e. The van der Waals surface area contributed by atoms with Gasteiger partial charge in [0, 0.05) is 6.20 Å². The average molecular weight is 348 g/mol. The lowest BCUT2D eigenvalue weighted by molar-refractivity contribution is 0.101. The molecule has 0 saturated heterocycles. The molecule has 1 aromatic carbocycles. The monoisotopic (exact) mass is 348 g/mol. The standard InChI is InChI=1S/C18H16N6O2/c1-2-26-14-12-24(13-8-4-3-5-9-13)22-16(14)17(25)19-18-21-20-15-10-6-7-11-23(15)18/h3-12H,2H2,1H3,(H,19,21,25). The maximum Gasteiger partial charge on any atom is 0.282 e. The molecule has 130 valence electrons. The van der Waals surface area contributed by atoms with Gasteiger partial charge in [-0.15, -0.1) is 10.2 Å². The van der Waals surface area contributed by atoms with Crippen molar-refractivity contribution in [2.45, 2.75) is 6.92 Å². The fourth-order valence-corrected chi connectivity index (χ4v) is 2.58. The summed E-state index contributed by atoms with van der Waals surface area (Å²) in [5, 5.41) is 15.1. The Bertz CT molecular complexity index is 1050. The molecule has 0 spiro atoms. The van der Waals surface area contributed by atoms with Crippen molar-refractivity contribution in [3.63, 3.8) is 0 Å². The maximum atomic E-state index is 12.7. The fourth-order valence-electron chi connectivity index (χ4n) is 2.58. The van der Waals surface area contributed by atoms with Gasteiger partial charge in [0.1, 0.15) is 0 Å². The van der Waals surface area contributed by atoms with Gasteiger partial charge >= 0.3 is 0 Å². The number of hydrogen-bond donors (Lipinski definition) is 1. The molecule has 4 rings (SSSR count). The highest BCUT2D eigenvalue weighted by Crippen LogP contribution is 2.21. The number of nitrogens with one attached hydrogen (secondary N) is 1. The van der Waals surface area contributed by atoms with Gasteiger partial charge in [-0.05, 0) is 31.2 Å². The van der Waals surface area contributed by atoms with Crippen LogP contribution in [0.25, 0.3) is 11.3 Å². The second-order valence-electron chi connectivity index (χ2n) is 5.46. The number of amides is 1. The van der Waals surface area contributed by atoms with Gasteiger partial charge in [0.15, 0.2) is 17.1 Å². The molecule has 0 atom stereocenters. The van der Waals surface area contributed by atoms with Gasteiger partial charge in [-0.1, -0.05) is 24.3 Å². The van der Waals surface area contributed by atoms with E-state index in [1.807, 2.05) is 49.4 Å². The van der Waals surface area contributed by atoms with Crippen molar-refractivity contribution >= 4 is 17.5 Å². The molecule has 1 amide bonds. The lowest BCUT2D eigenvalue weighted by Crippen LogP contribution is -2.16. The van der Waals surface area contributed by atoms with Crippen LogP contribution in [0.5, 0.6) is 5.75 Å². The number of carbonyl (C=O) groups is 1. The van der Waals surface area contributed by atoms with E-state index < -0.39 is 5.91 Å². The molecule has 0 aliphatic heterocycles. The zero-order valence-corrected chi connectivity index (χ0v) is 14.0. The number of fused-ring (bicyclic) bond motifs is 1. The van der Waals surface area contributed by atoms with Crippen molar-refractivity contribution in [1.82, 2.24) is 24.4 Å². The van der Waals surface area contributed by atoms with Crippen molar-refractivity contribution in [2.75, 3.05) is 11.9 Å². The first-order chi connectivity index (χ1) is 12.8. The highest BCUT2D eigenvalue weighted by molar-refractivity contribution is 6.04. The highest BCUT2D eigenvalue weighted by atomic mass is 16.5. The van der Waals surface area contributed by atoms with Crippen molar-refractivity contribution in [3.05, 3.63) is 66.6 Å². The van der Waals surface area contributed by atoms with E-state index in [1.54, 1.807) is 27.5 Å². The van der Waals surface area contributed by atoms with Gasteiger partial charge < -0.3 is 4.74 Å². The Balaban J connectivity index is 1.67. The van der Waals surface area contributed by atoms with Gasteiger partial charge in [-0.3, -0.25) is 14.5 Å².